The van der Waals surface area contributed by atoms with E-state index in [0.29, 0.717) is 6.54 Å². The molecule has 0 spiro atoms. The van der Waals surface area contributed by atoms with Crippen LogP contribution in [0.3, 0.4) is 0 Å². The summed E-state index contributed by atoms with van der Waals surface area (Å²) in [4.78, 5) is 0. The molecule has 0 bridgehead atoms. The number of ether oxygens (including phenoxy) is 1. The summed E-state index contributed by atoms with van der Waals surface area (Å²) in [5.41, 5.74) is 7.27. The van der Waals surface area contributed by atoms with E-state index in [-0.39, 0.29) is 11.5 Å². The Hall–Kier alpha value is -0.870. The molecule has 0 aromatic carbocycles. The Labute approximate surface area is 90.4 Å². The van der Waals surface area contributed by atoms with Crippen LogP contribution in [0.25, 0.3) is 0 Å². The molecule has 0 amide bonds. The van der Waals surface area contributed by atoms with Gasteiger partial charge in [0.05, 0.1) is 12.3 Å². The van der Waals surface area contributed by atoms with Crippen LogP contribution in [0.4, 0.5) is 0 Å². The molecule has 4 heteroatoms. The lowest BCUT2D eigenvalue weighted by Gasteiger charge is -2.30. The topological polar surface area (TPSA) is 53.1 Å². The highest BCUT2D eigenvalue weighted by Crippen LogP contribution is 2.37. The van der Waals surface area contributed by atoms with Crippen molar-refractivity contribution in [2.45, 2.75) is 25.9 Å². The summed E-state index contributed by atoms with van der Waals surface area (Å²) in [7, 11) is 1.94. The lowest BCUT2D eigenvalue weighted by atomic mass is 9.77. The Balaban J connectivity index is 2.14. The van der Waals surface area contributed by atoms with Gasteiger partial charge in [0.25, 0.3) is 0 Å². The first-order valence-electron chi connectivity index (χ1n) is 5.45. The number of hydrogen-bond acceptors (Lipinski definition) is 3. The Morgan fingerprint density at radius 2 is 2.53 bits per heavy atom. The molecule has 0 saturated carbocycles. The zero-order chi connectivity index (χ0) is 10.9. The highest BCUT2D eigenvalue weighted by molar-refractivity contribution is 5.10. The predicted molar refractivity (Wildman–Crippen MR) is 58.4 cm³/mol. The van der Waals surface area contributed by atoms with E-state index in [1.807, 2.05) is 17.9 Å². The van der Waals surface area contributed by atoms with Gasteiger partial charge in [-0.05, 0) is 25.3 Å². The average molecular weight is 209 g/mol. The summed E-state index contributed by atoms with van der Waals surface area (Å²) in [6, 6.07) is 0. The monoisotopic (exact) mass is 209 g/mol. The number of nitrogens with two attached hydrogens (primary N) is 1. The molecule has 0 aliphatic carbocycles. The maximum Gasteiger partial charge on any atom is 0.0619 e. The highest BCUT2D eigenvalue weighted by Gasteiger charge is 2.40. The van der Waals surface area contributed by atoms with Crippen LogP contribution in [-0.2, 0) is 18.2 Å². The molecule has 1 aliphatic heterocycles. The number of hydrogen-bond donors (Lipinski definition) is 1. The largest absolute Gasteiger partial charge is 0.378 e. The van der Waals surface area contributed by atoms with Crippen molar-refractivity contribution < 1.29 is 4.74 Å². The van der Waals surface area contributed by atoms with E-state index in [9.17, 15) is 0 Å². The molecule has 1 aromatic heterocycles. The Bertz CT molecular complexity index is 336. The second-order valence-corrected chi connectivity index (χ2v) is 4.53. The van der Waals surface area contributed by atoms with E-state index < -0.39 is 0 Å². The van der Waals surface area contributed by atoms with E-state index in [0.717, 1.165) is 19.4 Å². The summed E-state index contributed by atoms with van der Waals surface area (Å²) in [6.07, 6.45) is 6.26. The maximum atomic E-state index is 5.91. The summed E-state index contributed by atoms with van der Waals surface area (Å²) < 4.78 is 7.46. The van der Waals surface area contributed by atoms with Crippen LogP contribution < -0.4 is 5.73 Å². The SMILES string of the molecule is CC1OCCC1(CN)Cc1cnn(C)c1. The zero-order valence-electron chi connectivity index (χ0n) is 9.44. The van der Waals surface area contributed by atoms with Crippen molar-refractivity contribution >= 4 is 0 Å². The second-order valence-electron chi connectivity index (χ2n) is 4.53. The van der Waals surface area contributed by atoms with Crippen molar-refractivity contribution in [2.75, 3.05) is 13.2 Å². The van der Waals surface area contributed by atoms with E-state index in [1.165, 1.54) is 5.56 Å². The smallest absolute Gasteiger partial charge is 0.0619 e. The van der Waals surface area contributed by atoms with Crippen molar-refractivity contribution in [1.82, 2.24) is 9.78 Å². The van der Waals surface area contributed by atoms with Crippen LogP contribution in [0.2, 0.25) is 0 Å². The molecular formula is C11H19N3O. The van der Waals surface area contributed by atoms with Gasteiger partial charge in [-0.3, -0.25) is 4.68 Å². The van der Waals surface area contributed by atoms with Gasteiger partial charge in [-0.1, -0.05) is 0 Å². The van der Waals surface area contributed by atoms with Gasteiger partial charge < -0.3 is 10.5 Å². The van der Waals surface area contributed by atoms with E-state index >= 15 is 0 Å². The van der Waals surface area contributed by atoms with Crippen molar-refractivity contribution in [3.8, 4) is 0 Å². The molecule has 4 nitrogen and oxygen atoms in total. The summed E-state index contributed by atoms with van der Waals surface area (Å²) in [5, 5.41) is 4.18. The first-order chi connectivity index (χ1) is 7.16. The van der Waals surface area contributed by atoms with Crippen molar-refractivity contribution in [1.29, 1.82) is 0 Å². The molecule has 1 aliphatic rings. The van der Waals surface area contributed by atoms with Gasteiger partial charge in [-0.15, -0.1) is 0 Å². The van der Waals surface area contributed by atoms with Crippen LogP contribution in [0.5, 0.6) is 0 Å². The minimum atomic E-state index is 0.114. The minimum Gasteiger partial charge on any atom is -0.378 e. The molecule has 1 aromatic rings. The summed E-state index contributed by atoms with van der Waals surface area (Å²) in [5.74, 6) is 0. The maximum absolute atomic E-state index is 5.91. The lowest BCUT2D eigenvalue weighted by molar-refractivity contribution is 0.0673. The second kappa shape index (κ2) is 3.94. The molecule has 15 heavy (non-hydrogen) atoms. The molecule has 84 valence electrons. The first kappa shape index (κ1) is 10.6. The molecule has 1 fully saturated rings. The van der Waals surface area contributed by atoms with Gasteiger partial charge in [-0.2, -0.15) is 5.10 Å². The van der Waals surface area contributed by atoms with Crippen LogP contribution in [-0.4, -0.2) is 29.0 Å². The van der Waals surface area contributed by atoms with Crippen molar-refractivity contribution in [3.63, 3.8) is 0 Å². The van der Waals surface area contributed by atoms with E-state index in [4.69, 9.17) is 10.5 Å². The summed E-state index contributed by atoms with van der Waals surface area (Å²) >= 11 is 0. The van der Waals surface area contributed by atoms with Crippen LogP contribution in [0.15, 0.2) is 12.4 Å². The highest BCUT2D eigenvalue weighted by atomic mass is 16.5. The van der Waals surface area contributed by atoms with Gasteiger partial charge in [-0.25, -0.2) is 0 Å². The molecule has 2 heterocycles. The zero-order valence-corrected chi connectivity index (χ0v) is 9.44. The molecule has 2 unspecified atom stereocenters. The molecule has 1 saturated heterocycles. The fourth-order valence-electron chi connectivity index (χ4n) is 2.36. The number of rotatable bonds is 3. The third-order valence-electron chi connectivity index (χ3n) is 3.55. The van der Waals surface area contributed by atoms with E-state index in [1.54, 1.807) is 0 Å². The fraction of sp³-hybridized carbons (Fsp3) is 0.727. The number of aryl methyl sites for hydroxylation is 1. The minimum absolute atomic E-state index is 0.114. The third-order valence-corrected chi connectivity index (χ3v) is 3.55. The van der Waals surface area contributed by atoms with Gasteiger partial charge in [0.1, 0.15) is 0 Å². The van der Waals surface area contributed by atoms with Gasteiger partial charge in [0, 0.05) is 31.8 Å². The average Bonchev–Trinajstić information content (AvgIpc) is 2.76. The standard InChI is InChI=1S/C11H19N3O/c1-9-11(8-12,3-4-15-9)5-10-6-13-14(2)7-10/h6-7,9H,3-5,8,12H2,1-2H3. The van der Waals surface area contributed by atoms with Crippen LogP contribution in [0.1, 0.15) is 18.9 Å². The van der Waals surface area contributed by atoms with Gasteiger partial charge in [0.15, 0.2) is 0 Å². The Kier molecular flexibility index (Phi) is 2.80. The van der Waals surface area contributed by atoms with Gasteiger partial charge in [0.2, 0.25) is 0 Å². The van der Waals surface area contributed by atoms with Crippen molar-refractivity contribution in [2.24, 2.45) is 18.2 Å². The first-order valence-corrected chi connectivity index (χ1v) is 5.45. The molecule has 2 rings (SSSR count). The quantitative estimate of drug-likeness (QED) is 0.798. The lowest BCUT2D eigenvalue weighted by Crippen LogP contribution is -2.38. The number of aromatic nitrogens is 2. The Morgan fingerprint density at radius 3 is 3.00 bits per heavy atom. The van der Waals surface area contributed by atoms with Gasteiger partial charge >= 0.3 is 0 Å². The third kappa shape index (κ3) is 1.92. The van der Waals surface area contributed by atoms with Crippen molar-refractivity contribution in [3.05, 3.63) is 18.0 Å². The van der Waals surface area contributed by atoms with Crippen LogP contribution >= 0.6 is 0 Å². The fourth-order valence-corrected chi connectivity index (χ4v) is 2.36. The Morgan fingerprint density at radius 1 is 1.73 bits per heavy atom. The molecule has 0 radical (unpaired) electrons. The predicted octanol–water partition coefficient (Wildman–Crippen LogP) is 0.716. The summed E-state index contributed by atoms with van der Waals surface area (Å²) in [6.45, 7) is 3.64. The molecule has 2 N–H and O–H groups in total. The molecule has 2 atom stereocenters. The number of nitrogens with zero attached hydrogens (tertiary/aromatic N) is 2. The van der Waals surface area contributed by atoms with E-state index in [2.05, 4.69) is 18.2 Å². The molecular weight excluding hydrogens is 190 g/mol. The normalized spacial score (nSPS) is 31.0. The van der Waals surface area contributed by atoms with Crippen LogP contribution in [0, 0.1) is 5.41 Å².